The zero-order valence-electron chi connectivity index (χ0n) is 11.3. The van der Waals surface area contributed by atoms with Crippen molar-refractivity contribution in [3.63, 3.8) is 0 Å². The van der Waals surface area contributed by atoms with Gasteiger partial charge in [0, 0.05) is 11.7 Å². The number of hydrogen-bond donors (Lipinski definition) is 0. The number of rotatable bonds is 3. The molecule has 1 saturated heterocycles. The Morgan fingerprint density at radius 1 is 1.21 bits per heavy atom. The van der Waals surface area contributed by atoms with Crippen molar-refractivity contribution < 1.29 is 22.8 Å². The fraction of sp³-hybridized carbons (Fsp3) is 0.583. The number of hydrogen-bond acceptors (Lipinski definition) is 4. The summed E-state index contributed by atoms with van der Waals surface area (Å²) in [4.78, 5) is 3.80. The Morgan fingerprint density at radius 2 is 1.79 bits per heavy atom. The molecule has 1 aromatic rings. The van der Waals surface area contributed by atoms with Crippen LogP contribution in [0.1, 0.15) is 27.7 Å². The van der Waals surface area contributed by atoms with Gasteiger partial charge in [-0.2, -0.15) is 8.78 Å². The molecule has 1 aliphatic heterocycles. The third-order valence-corrected chi connectivity index (χ3v) is 3.51. The van der Waals surface area contributed by atoms with Crippen LogP contribution in [0.25, 0.3) is 0 Å². The van der Waals surface area contributed by atoms with Crippen molar-refractivity contribution in [1.29, 1.82) is 0 Å². The number of nitrogens with zero attached hydrogens (tertiary/aromatic N) is 1. The van der Waals surface area contributed by atoms with Gasteiger partial charge >= 0.3 is 13.7 Å². The van der Waals surface area contributed by atoms with E-state index in [0.717, 1.165) is 0 Å². The summed E-state index contributed by atoms with van der Waals surface area (Å²) in [5.41, 5.74) is -0.730. The molecule has 104 valence electrons. The predicted molar refractivity (Wildman–Crippen MR) is 66.6 cm³/mol. The molecule has 0 spiro atoms. The van der Waals surface area contributed by atoms with Crippen LogP contribution in [0.3, 0.4) is 0 Å². The first-order chi connectivity index (χ1) is 8.73. The van der Waals surface area contributed by atoms with Gasteiger partial charge in [-0.1, -0.05) is 6.07 Å². The Hall–Kier alpha value is -1.21. The fourth-order valence-electron chi connectivity index (χ4n) is 1.74. The van der Waals surface area contributed by atoms with Crippen molar-refractivity contribution >= 4 is 12.6 Å². The summed E-state index contributed by atoms with van der Waals surface area (Å²) in [5.74, 6) is -0.170. The van der Waals surface area contributed by atoms with E-state index in [1.807, 2.05) is 27.7 Å². The van der Waals surface area contributed by atoms with Crippen molar-refractivity contribution in [2.24, 2.45) is 0 Å². The first-order valence-electron chi connectivity index (χ1n) is 5.98. The van der Waals surface area contributed by atoms with E-state index in [-0.39, 0.29) is 5.88 Å². The van der Waals surface area contributed by atoms with E-state index < -0.39 is 24.9 Å². The second-order valence-corrected chi connectivity index (χ2v) is 5.36. The number of pyridine rings is 1. The molecule has 0 aliphatic carbocycles. The van der Waals surface area contributed by atoms with Gasteiger partial charge in [0.25, 0.3) is 0 Å². The molecule has 1 aliphatic rings. The Kier molecular flexibility index (Phi) is 3.53. The average molecular weight is 271 g/mol. The topological polar surface area (TPSA) is 40.6 Å². The van der Waals surface area contributed by atoms with Crippen LogP contribution < -0.4 is 10.2 Å². The normalized spacial score (nSPS) is 20.9. The van der Waals surface area contributed by atoms with E-state index in [1.165, 1.54) is 6.20 Å². The molecule has 0 atom stereocenters. The minimum absolute atomic E-state index is 0.170. The largest absolute Gasteiger partial charge is 0.500 e. The quantitative estimate of drug-likeness (QED) is 0.788. The second-order valence-electron chi connectivity index (χ2n) is 5.36. The zero-order valence-corrected chi connectivity index (χ0v) is 11.3. The standard InChI is InChI=1S/C12H16BF2NO3/c1-11(2)12(3,4)19-13(18-11)8-6-5-7-16-9(8)17-10(14)15/h5-7,10H,1-4H3. The molecule has 0 radical (unpaired) electrons. The summed E-state index contributed by atoms with van der Waals surface area (Å²) in [7, 11) is -0.771. The van der Waals surface area contributed by atoms with E-state index in [4.69, 9.17) is 9.31 Å². The first-order valence-corrected chi connectivity index (χ1v) is 5.98. The van der Waals surface area contributed by atoms with Crippen LogP contribution in [-0.4, -0.2) is 29.9 Å². The van der Waals surface area contributed by atoms with E-state index in [0.29, 0.717) is 5.46 Å². The molecular weight excluding hydrogens is 255 g/mol. The van der Waals surface area contributed by atoms with Crippen molar-refractivity contribution in [3.05, 3.63) is 18.3 Å². The van der Waals surface area contributed by atoms with E-state index in [2.05, 4.69) is 9.72 Å². The predicted octanol–water partition coefficient (Wildman–Crippen LogP) is 1.98. The number of halogens is 2. The maximum Gasteiger partial charge on any atom is 0.500 e. The van der Waals surface area contributed by atoms with Gasteiger partial charge in [0.15, 0.2) is 0 Å². The van der Waals surface area contributed by atoms with Crippen LogP contribution in [0, 0.1) is 0 Å². The van der Waals surface area contributed by atoms with Gasteiger partial charge in [0.2, 0.25) is 5.88 Å². The maximum atomic E-state index is 12.3. The summed E-state index contributed by atoms with van der Waals surface area (Å²) in [6.07, 6.45) is 1.38. The molecule has 4 nitrogen and oxygen atoms in total. The third-order valence-electron chi connectivity index (χ3n) is 3.51. The average Bonchev–Trinajstić information content (AvgIpc) is 2.48. The van der Waals surface area contributed by atoms with E-state index >= 15 is 0 Å². The lowest BCUT2D eigenvalue weighted by Crippen LogP contribution is -2.41. The number of alkyl halides is 2. The Bertz CT molecular complexity index is 452. The van der Waals surface area contributed by atoms with Crippen molar-refractivity contribution in [2.45, 2.75) is 45.5 Å². The molecule has 2 rings (SSSR count). The molecular formula is C12H16BF2NO3. The van der Waals surface area contributed by atoms with Crippen molar-refractivity contribution in [3.8, 4) is 5.88 Å². The maximum absolute atomic E-state index is 12.3. The van der Waals surface area contributed by atoms with Crippen molar-refractivity contribution in [2.75, 3.05) is 0 Å². The molecule has 0 aromatic carbocycles. The van der Waals surface area contributed by atoms with Crippen LogP contribution in [0.5, 0.6) is 5.88 Å². The summed E-state index contributed by atoms with van der Waals surface area (Å²) in [6.45, 7) is 4.61. The minimum atomic E-state index is -2.93. The van der Waals surface area contributed by atoms with Gasteiger partial charge in [-0.15, -0.1) is 0 Å². The zero-order chi connectivity index (χ0) is 14.3. The summed E-state index contributed by atoms with van der Waals surface area (Å²) < 4.78 is 40.7. The van der Waals surface area contributed by atoms with Crippen LogP contribution in [0.4, 0.5) is 8.78 Å². The number of aromatic nitrogens is 1. The molecule has 7 heteroatoms. The first kappa shape index (κ1) is 14.2. The van der Waals surface area contributed by atoms with Gasteiger partial charge in [0.05, 0.1) is 11.2 Å². The molecule has 1 aromatic heterocycles. The molecule has 1 fully saturated rings. The molecule has 0 amide bonds. The highest BCUT2D eigenvalue weighted by molar-refractivity contribution is 6.63. The minimum Gasteiger partial charge on any atom is -0.417 e. The smallest absolute Gasteiger partial charge is 0.417 e. The van der Waals surface area contributed by atoms with Gasteiger partial charge in [-0.25, -0.2) is 4.98 Å². The molecule has 2 heterocycles. The SMILES string of the molecule is CC1(C)OB(c2cccnc2OC(F)F)OC1(C)C. The highest BCUT2D eigenvalue weighted by atomic mass is 19.3. The molecule has 0 saturated carbocycles. The molecule has 0 unspecified atom stereocenters. The van der Waals surface area contributed by atoms with Crippen LogP contribution in [0.15, 0.2) is 18.3 Å². The van der Waals surface area contributed by atoms with Crippen LogP contribution in [-0.2, 0) is 9.31 Å². The lowest BCUT2D eigenvalue weighted by Gasteiger charge is -2.32. The highest BCUT2D eigenvalue weighted by Crippen LogP contribution is 2.37. The third kappa shape index (κ3) is 2.72. The van der Waals surface area contributed by atoms with E-state index in [9.17, 15) is 8.78 Å². The summed E-state index contributed by atoms with van der Waals surface area (Å²) in [5, 5.41) is 0. The van der Waals surface area contributed by atoms with Gasteiger partial charge in [0.1, 0.15) is 0 Å². The van der Waals surface area contributed by atoms with Gasteiger partial charge in [-0.3, -0.25) is 0 Å². The fourth-order valence-corrected chi connectivity index (χ4v) is 1.74. The monoisotopic (exact) mass is 271 g/mol. The highest BCUT2D eigenvalue weighted by Gasteiger charge is 2.52. The van der Waals surface area contributed by atoms with E-state index in [1.54, 1.807) is 12.1 Å². The Labute approximate surface area is 111 Å². The van der Waals surface area contributed by atoms with Crippen LogP contribution >= 0.6 is 0 Å². The lowest BCUT2D eigenvalue weighted by molar-refractivity contribution is -0.0522. The summed E-state index contributed by atoms with van der Waals surface area (Å²) in [6, 6.07) is 3.23. The Morgan fingerprint density at radius 3 is 2.32 bits per heavy atom. The summed E-state index contributed by atoms with van der Waals surface area (Å²) >= 11 is 0. The van der Waals surface area contributed by atoms with Gasteiger partial charge in [-0.05, 0) is 33.8 Å². The van der Waals surface area contributed by atoms with Crippen LogP contribution in [0.2, 0.25) is 0 Å². The molecule has 0 N–H and O–H groups in total. The molecule has 0 bridgehead atoms. The molecule has 19 heavy (non-hydrogen) atoms. The lowest BCUT2D eigenvalue weighted by atomic mass is 9.80. The van der Waals surface area contributed by atoms with Gasteiger partial charge < -0.3 is 14.0 Å². The number of ether oxygens (including phenoxy) is 1. The Balaban J connectivity index is 2.29. The second kappa shape index (κ2) is 4.72. The van der Waals surface area contributed by atoms with Crippen molar-refractivity contribution in [1.82, 2.24) is 4.98 Å².